The van der Waals surface area contributed by atoms with E-state index in [1.807, 2.05) is 12.1 Å². The average molecular weight is 342 g/mol. The Labute approximate surface area is 140 Å². The predicted octanol–water partition coefficient (Wildman–Crippen LogP) is 2.02. The zero-order chi connectivity index (χ0) is 14.8. The summed E-state index contributed by atoms with van der Waals surface area (Å²) < 4.78 is 0. The van der Waals surface area contributed by atoms with Crippen LogP contribution in [-0.4, -0.2) is 36.2 Å². The number of halogens is 1. The SMILES string of the molecule is CC1CC(NC(=O)c2ccc3c(c2)NC(=O)CS3)CCN1.Cl. The van der Waals surface area contributed by atoms with Crippen LogP contribution < -0.4 is 16.0 Å². The van der Waals surface area contributed by atoms with E-state index in [4.69, 9.17) is 0 Å². The van der Waals surface area contributed by atoms with E-state index >= 15 is 0 Å². The van der Waals surface area contributed by atoms with Crippen LogP contribution in [0.1, 0.15) is 30.1 Å². The Bertz CT molecular complexity index is 582. The molecule has 7 heteroatoms. The Hall–Kier alpha value is -1.24. The van der Waals surface area contributed by atoms with Gasteiger partial charge in [-0.05, 0) is 44.5 Å². The Balaban J connectivity index is 0.00000176. The fourth-order valence-electron chi connectivity index (χ4n) is 2.76. The first-order chi connectivity index (χ1) is 10.1. The van der Waals surface area contributed by atoms with Crippen molar-refractivity contribution in [2.45, 2.75) is 36.7 Å². The summed E-state index contributed by atoms with van der Waals surface area (Å²) in [7, 11) is 0. The summed E-state index contributed by atoms with van der Waals surface area (Å²) in [6, 6.07) is 6.14. The van der Waals surface area contributed by atoms with Crippen molar-refractivity contribution in [3.8, 4) is 0 Å². The van der Waals surface area contributed by atoms with Gasteiger partial charge in [0.1, 0.15) is 0 Å². The molecule has 2 heterocycles. The summed E-state index contributed by atoms with van der Waals surface area (Å²) in [5.74, 6) is 0.352. The van der Waals surface area contributed by atoms with Gasteiger partial charge in [0.05, 0.1) is 11.4 Å². The highest BCUT2D eigenvalue weighted by Crippen LogP contribution is 2.32. The first kappa shape index (κ1) is 17.1. The van der Waals surface area contributed by atoms with Gasteiger partial charge >= 0.3 is 0 Å². The summed E-state index contributed by atoms with van der Waals surface area (Å²) in [5, 5.41) is 9.27. The van der Waals surface area contributed by atoms with Crippen LogP contribution in [0.25, 0.3) is 0 Å². The maximum absolute atomic E-state index is 12.3. The van der Waals surface area contributed by atoms with E-state index in [-0.39, 0.29) is 30.3 Å². The topological polar surface area (TPSA) is 70.2 Å². The van der Waals surface area contributed by atoms with Gasteiger partial charge in [-0.1, -0.05) is 0 Å². The Morgan fingerprint density at radius 2 is 2.23 bits per heavy atom. The number of thioether (sulfide) groups is 1. The first-order valence-corrected chi connectivity index (χ1v) is 8.21. The second-order valence-corrected chi connectivity index (χ2v) is 6.61. The highest BCUT2D eigenvalue weighted by atomic mass is 35.5. The van der Waals surface area contributed by atoms with Crippen molar-refractivity contribution in [2.24, 2.45) is 0 Å². The molecule has 3 N–H and O–H groups in total. The lowest BCUT2D eigenvalue weighted by molar-refractivity contribution is -0.113. The van der Waals surface area contributed by atoms with Gasteiger partial charge in [-0.2, -0.15) is 0 Å². The van der Waals surface area contributed by atoms with E-state index in [0.29, 0.717) is 17.4 Å². The second-order valence-electron chi connectivity index (χ2n) is 5.60. The standard InChI is InChI=1S/C15H19N3O2S.ClH/c1-9-6-11(4-5-16-9)17-15(20)10-2-3-13-12(7-10)18-14(19)8-21-13;/h2-3,7,9,11,16H,4-6,8H2,1H3,(H,17,20)(H,18,19);1H. The summed E-state index contributed by atoms with van der Waals surface area (Å²) in [6.07, 6.45) is 1.90. The number of anilines is 1. The number of amides is 2. The summed E-state index contributed by atoms with van der Waals surface area (Å²) in [4.78, 5) is 24.8. The normalized spacial score (nSPS) is 23.8. The van der Waals surface area contributed by atoms with Gasteiger partial charge < -0.3 is 16.0 Å². The van der Waals surface area contributed by atoms with Gasteiger partial charge in [0.15, 0.2) is 0 Å². The van der Waals surface area contributed by atoms with Crippen molar-refractivity contribution in [3.05, 3.63) is 23.8 Å². The molecule has 2 unspecified atom stereocenters. The average Bonchev–Trinajstić information content (AvgIpc) is 2.46. The number of hydrogen-bond acceptors (Lipinski definition) is 4. The molecule has 0 aromatic heterocycles. The summed E-state index contributed by atoms with van der Waals surface area (Å²) >= 11 is 1.50. The molecule has 2 atom stereocenters. The highest BCUT2D eigenvalue weighted by Gasteiger charge is 2.22. The maximum atomic E-state index is 12.3. The molecule has 2 amide bonds. The smallest absolute Gasteiger partial charge is 0.251 e. The number of carbonyl (C=O) groups is 2. The van der Waals surface area contributed by atoms with Crippen LogP contribution in [0.5, 0.6) is 0 Å². The molecule has 1 fully saturated rings. The lowest BCUT2D eigenvalue weighted by Gasteiger charge is -2.28. The lowest BCUT2D eigenvalue weighted by Crippen LogP contribution is -2.46. The fourth-order valence-corrected chi connectivity index (χ4v) is 3.54. The van der Waals surface area contributed by atoms with Crippen molar-refractivity contribution in [2.75, 3.05) is 17.6 Å². The van der Waals surface area contributed by atoms with Crippen LogP contribution in [0.2, 0.25) is 0 Å². The Kier molecular flexibility index (Phi) is 5.72. The minimum Gasteiger partial charge on any atom is -0.349 e. The van der Waals surface area contributed by atoms with Crippen molar-refractivity contribution >= 4 is 41.7 Å². The monoisotopic (exact) mass is 341 g/mol. The third kappa shape index (κ3) is 3.94. The van der Waals surface area contributed by atoms with Gasteiger partial charge in [-0.25, -0.2) is 0 Å². The fraction of sp³-hybridized carbons (Fsp3) is 0.467. The molecular formula is C15H20ClN3O2S. The predicted molar refractivity (Wildman–Crippen MR) is 91.0 cm³/mol. The molecular weight excluding hydrogens is 322 g/mol. The zero-order valence-corrected chi connectivity index (χ0v) is 14.0. The van der Waals surface area contributed by atoms with Crippen molar-refractivity contribution in [1.82, 2.24) is 10.6 Å². The van der Waals surface area contributed by atoms with Crippen molar-refractivity contribution in [3.63, 3.8) is 0 Å². The van der Waals surface area contributed by atoms with Crippen LogP contribution in [0.15, 0.2) is 23.1 Å². The number of carbonyl (C=O) groups excluding carboxylic acids is 2. The van der Waals surface area contributed by atoms with Crippen molar-refractivity contribution in [1.29, 1.82) is 0 Å². The number of nitrogens with one attached hydrogen (secondary N) is 3. The number of piperidine rings is 1. The molecule has 0 spiro atoms. The number of benzene rings is 1. The van der Waals surface area contributed by atoms with Crippen LogP contribution in [0.3, 0.4) is 0 Å². The van der Waals surface area contributed by atoms with E-state index in [0.717, 1.165) is 30.0 Å². The van der Waals surface area contributed by atoms with Crippen LogP contribution in [0.4, 0.5) is 5.69 Å². The Morgan fingerprint density at radius 3 is 3.00 bits per heavy atom. The van der Waals surface area contributed by atoms with Gasteiger partial charge in [-0.15, -0.1) is 24.2 Å². The zero-order valence-electron chi connectivity index (χ0n) is 12.3. The van der Waals surface area contributed by atoms with E-state index in [1.54, 1.807) is 6.07 Å². The van der Waals surface area contributed by atoms with Crippen LogP contribution in [0, 0.1) is 0 Å². The molecule has 0 radical (unpaired) electrons. The molecule has 2 aliphatic rings. The molecule has 22 heavy (non-hydrogen) atoms. The van der Waals surface area contributed by atoms with Gasteiger partial charge in [0, 0.05) is 22.5 Å². The van der Waals surface area contributed by atoms with E-state index in [2.05, 4.69) is 22.9 Å². The molecule has 0 aliphatic carbocycles. The summed E-state index contributed by atoms with van der Waals surface area (Å²) in [5.41, 5.74) is 1.34. The van der Waals surface area contributed by atoms with Gasteiger partial charge in [0.25, 0.3) is 5.91 Å². The minimum absolute atomic E-state index is 0. The third-order valence-corrected chi connectivity index (χ3v) is 4.91. The lowest BCUT2D eigenvalue weighted by atomic mass is 10.00. The number of fused-ring (bicyclic) bond motifs is 1. The Morgan fingerprint density at radius 1 is 1.41 bits per heavy atom. The second kappa shape index (κ2) is 7.35. The van der Waals surface area contributed by atoms with Crippen LogP contribution in [-0.2, 0) is 4.79 Å². The number of hydrogen-bond donors (Lipinski definition) is 3. The van der Waals surface area contributed by atoms with E-state index in [9.17, 15) is 9.59 Å². The van der Waals surface area contributed by atoms with Crippen molar-refractivity contribution < 1.29 is 9.59 Å². The molecule has 1 aromatic rings. The molecule has 3 rings (SSSR count). The molecule has 1 aromatic carbocycles. The molecule has 0 bridgehead atoms. The van der Waals surface area contributed by atoms with Gasteiger partial charge in [-0.3, -0.25) is 9.59 Å². The molecule has 5 nitrogen and oxygen atoms in total. The largest absolute Gasteiger partial charge is 0.349 e. The third-order valence-electron chi connectivity index (χ3n) is 3.83. The molecule has 2 aliphatic heterocycles. The van der Waals surface area contributed by atoms with Crippen LogP contribution >= 0.6 is 24.2 Å². The molecule has 120 valence electrons. The van der Waals surface area contributed by atoms with E-state index in [1.165, 1.54) is 11.8 Å². The minimum atomic E-state index is -0.0678. The maximum Gasteiger partial charge on any atom is 0.251 e. The quantitative estimate of drug-likeness (QED) is 0.769. The summed E-state index contributed by atoms with van der Waals surface area (Å²) in [6.45, 7) is 3.06. The number of rotatable bonds is 2. The first-order valence-electron chi connectivity index (χ1n) is 7.23. The van der Waals surface area contributed by atoms with Gasteiger partial charge in [0.2, 0.25) is 5.91 Å². The molecule has 0 saturated carbocycles. The van der Waals surface area contributed by atoms with E-state index < -0.39 is 0 Å². The molecule has 1 saturated heterocycles. The highest BCUT2D eigenvalue weighted by molar-refractivity contribution is 8.00.